The van der Waals surface area contributed by atoms with Gasteiger partial charge in [0.1, 0.15) is 11.9 Å². The lowest BCUT2D eigenvalue weighted by molar-refractivity contribution is 0.0935. The molecule has 1 aliphatic heterocycles. The molecule has 1 atom stereocenters. The summed E-state index contributed by atoms with van der Waals surface area (Å²) >= 11 is 2.17. The summed E-state index contributed by atoms with van der Waals surface area (Å²) in [5, 5.41) is 15.9. The summed E-state index contributed by atoms with van der Waals surface area (Å²) in [6, 6.07) is 12.6. The van der Waals surface area contributed by atoms with Crippen molar-refractivity contribution in [1.82, 2.24) is 5.32 Å². The summed E-state index contributed by atoms with van der Waals surface area (Å²) in [4.78, 5) is 12.1. The summed E-state index contributed by atoms with van der Waals surface area (Å²) in [5.41, 5.74) is 2.05. The zero-order chi connectivity index (χ0) is 13.4. The Balaban J connectivity index is 2.00. The highest BCUT2D eigenvalue weighted by Gasteiger charge is 2.26. The number of para-hydroxylation sites is 1. The molecule has 96 valence electrons. The van der Waals surface area contributed by atoms with E-state index in [9.17, 15) is 9.90 Å². The van der Waals surface area contributed by atoms with Crippen LogP contribution in [0, 0.1) is 3.57 Å². The van der Waals surface area contributed by atoms with Gasteiger partial charge in [-0.3, -0.25) is 4.79 Å². The Kier molecular flexibility index (Phi) is 3.06. The van der Waals surface area contributed by atoms with Crippen molar-refractivity contribution in [2.45, 2.75) is 6.17 Å². The van der Waals surface area contributed by atoms with Gasteiger partial charge in [-0.2, -0.15) is 0 Å². The van der Waals surface area contributed by atoms with Crippen molar-refractivity contribution in [2.75, 3.05) is 5.32 Å². The molecular weight excluding hydrogens is 355 g/mol. The third-order valence-electron chi connectivity index (χ3n) is 3.05. The molecule has 0 aliphatic carbocycles. The fourth-order valence-corrected chi connectivity index (χ4v) is 2.61. The molecule has 1 heterocycles. The number of halogens is 1. The van der Waals surface area contributed by atoms with Gasteiger partial charge in [0.05, 0.1) is 5.56 Å². The molecular formula is C14H11IN2O2. The maximum atomic E-state index is 12.1. The summed E-state index contributed by atoms with van der Waals surface area (Å²) in [6.45, 7) is 0. The van der Waals surface area contributed by atoms with Gasteiger partial charge in [0.15, 0.2) is 0 Å². The molecule has 5 heteroatoms. The normalized spacial score (nSPS) is 17.3. The van der Waals surface area contributed by atoms with Crippen LogP contribution in [0.15, 0.2) is 42.5 Å². The first-order valence-corrected chi connectivity index (χ1v) is 6.88. The SMILES string of the molecule is O=C1NC(c2ccccc2O)Nc2ccc(I)cc21. The summed E-state index contributed by atoms with van der Waals surface area (Å²) in [7, 11) is 0. The number of anilines is 1. The number of carbonyl (C=O) groups is 1. The predicted molar refractivity (Wildman–Crippen MR) is 81.1 cm³/mol. The van der Waals surface area contributed by atoms with Crippen LogP contribution >= 0.6 is 22.6 Å². The van der Waals surface area contributed by atoms with Gasteiger partial charge in [-0.1, -0.05) is 18.2 Å². The molecule has 3 N–H and O–H groups in total. The lowest BCUT2D eigenvalue weighted by Gasteiger charge is -2.28. The third kappa shape index (κ3) is 2.25. The fraction of sp³-hybridized carbons (Fsp3) is 0.0714. The largest absolute Gasteiger partial charge is 0.508 e. The average Bonchev–Trinajstić information content (AvgIpc) is 2.40. The van der Waals surface area contributed by atoms with Crippen LogP contribution in [0.4, 0.5) is 5.69 Å². The second-order valence-corrected chi connectivity index (χ2v) is 5.55. The van der Waals surface area contributed by atoms with Gasteiger partial charge < -0.3 is 15.7 Å². The molecule has 19 heavy (non-hydrogen) atoms. The zero-order valence-electron chi connectivity index (χ0n) is 9.85. The summed E-state index contributed by atoms with van der Waals surface area (Å²) in [6.07, 6.45) is -0.415. The molecule has 0 spiro atoms. The summed E-state index contributed by atoms with van der Waals surface area (Å²) < 4.78 is 1.01. The van der Waals surface area contributed by atoms with Crippen molar-refractivity contribution in [1.29, 1.82) is 0 Å². The van der Waals surface area contributed by atoms with Crippen LogP contribution in [0.25, 0.3) is 0 Å². The minimum Gasteiger partial charge on any atom is -0.508 e. The molecule has 1 amide bonds. The number of carbonyl (C=O) groups excluding carboxylic acids is 1. The Morgan fingerprint density at radius 2 is 1.89 bits per heavy atom. The van der Waals surface area contributed by atoms with E-state index in [0.29, 0.717) is 11.1 Å². The van der Waals surface area contributed by atoms with E-state index in [1.54, 1.807) is 18.2 Å². The molecule has 0 aromatic heterocycles. The third-order valence-corrected chi connectivity index (χ3v) is 3.72. The standard InChI is InChI=1S/C14H11IN2O2/c15-8-5-6-11-10(7-8)14(19)17-13(16-11)9-3-1-2-4-12(9)18/h1-7,13,16,18H,(H,17,19). The molecule has 1 aliphatic rings. The Bertz CT molecular complexity index is 658. The quantitative estimate of drug-likeness (QED) is 0.681. The first-order chi connectivity index (χ1) is 9.15. The van der Waals surface area contributed by atoms with Crippen LogP contribution in [0.5, 0.6) is 5.75 Å². The van der Waals surface area contributed by atoms with Crippen LogP contribution in [0.1, 0.15) is 22.1 Å². The number of hydrogen-bond acceptors (Lipinski definition) is 3. The topological polar surface area (TPSA) is 61.4 Å². The molecule has 0 saturated heterocycles. The highest BCUT2D eigenvalue weighted by atomic mass is 127. The van der Waals surface area contributed by atoms with Gasteiger partial charge in [-0.15, -0.1) is 0 Å². The smallest absolute Gasteiger partial charge is 0.255 e. The second-order valence-electron chi connectivity index (χ2n) is 4.30. The number of phenols is 1. The number of phenolic OH excluding ortho intramolecular Hbond substituents is 1. The first kappa shape index (κ1) is 12.3. The Labute approximate surface area is 124 Å². The Morgan fingerprint density at radius 1 is 1.11 bits per heavy atom. The minimum absolute atomic E-state index is 0.138. The van der Waals surface area contributed by atoms with Crippen LogP contribution in [0.3, 0.4) is 0 Å². The van der Waals surface area contributed by atoms with E-state index >= 15 is 0 Å². The van der Waals surface area contributed by atoms with Gasteiger partial charge in [0.2, 0.25) is 0 Å². The number of amides is 1. The van der Waals surface area contributed by atoms with Crippen molar-refractivity contribution in [3.05, 3.63) is 57.2 Å². The minimum atomic E-state index is -0.415. The average molecular weight is 366 g/mol. The molecule has 3 rings (SSSR count). The number of hydrogen-bond donors (Lipinski definition) is 3. The monoisotopic (exact) mass is 366 g/mol. The van der Waals surface area contributed by atoms with E-state index in [4.69, 9.17) is 0 Å². The van der Waals surface area contributed by atoms with E-state index in [1.165, 1.54) is 0 Å². The van der Waals surface area contributed by atoms with Crippen molar-refractivity contribution in [3.63, 3.8) is 0 Å². The van der Waals surface area contributed by atoms with E-state index in [0.717, 1.165) is 9.26 Å². The fourth-order valence-electron chi connectivity index (χ4n) is 2.12. The van der Waals surface area contributed by atoms with Crippen LogP contribution in [0.2, 0.25) is 0 Å². The van der Waals surface area contributed by atoms with Crippen LogP contribution in [-0.4, -0.2) is 11.0 Å². The highest BCUT2D eigenvalue weighted by Crippen LogP contribution is 2.31. The molecule has 0 bridgehead atoms. The molecule has 1 unspecified atom stereocenters. The second kappa shape index (κ2) is 4.73. The number of aromatic hydroxyl groups is 1. The van der Waals surface area contributed by atoms with Crippen LogP contribution < -0.4 is 10.6 Å². The van der Waals surface area contributed by atoms with Crippen molar-refractivity contribution >= 4 is 34.2 Å². The van der Waals surface area contributed by atoms with E-state index in [-0.39, 0.29) is 11.7 Å². The van der Waals surface area contributed by atoms with Crippen molar-refractivity contribution < 1.29 is 9.90 Å². The lowest BCUT2D eigenvalue weighted by atomic mass is 10.1. The lowest BCUT2D eigenvalue weighted by Crippen LogP contribution is -2.38. The van der Waals surface area contributed by atoms with Gasteiger partial charge in [-0.25, -0.2) is 0 Å². The predicted octanol–water partition coefficient (Wildman–Crippen LogP) is 2.85. The maximum Gasteiger partial charge on any atom is 0.255 e. The first-order valence-electron chi connectivity index (χ1n) is 5.80. The molecule has 2 aromatic carbocycles. The van der Waals surface area contributed by atoms with Gasteiger partial charge in [0, 0.05) is 14.8 Å². The number of fused-ring (bicyclic) bond motifs is 1. The molecule has 4 nitrogen and oxygen atoms in total. The maximum absolute atomic E-state index is 12.1. The summed E-state index contributed by atoms with van der Waals surface area (Å²) in [5.74, 6) is 0.0229. The number of rotatable bonds is 1. The van der Waals surface area contributed by atoms with Gasteiger partial charge in [-0.05, 0) is 46.9 Å². The number of benzene rings is 2. The molecule has 0 fully saturated rings. The molecule has 0 saturated carbocycles. The van der Waals surface area contributed by atoms with Crippen LogP contribution in [-0.2, 0) is 0 Å². The molecule has 2 aromatic rings. The number of nitrogens with one attached hydrogen (secondary N) is 2. The van der Waals surface area contributed by atoms with Gasteiger partial charge >= 0.3 is 0 Å². The van der Waals surface area contributed by atoms with Crippen molar-refractivity contribution in [3.8, 4) is 5.75 Å². The van der Waals surface area contributed by atoms with E-state index < -0.39 is 6.17 Å². The van der Waals surface area contributed by atoms with E-state index in [2.05, 4.69) is 33.2 Å². The van der Waals surface area contributed by atoms with Crippen molar-refractivity contribution in [2.24, 2.45) is 0 Å². The molecule has 0 radical (unpaired) electrons. The Hall–Kier alpha value is -1.76. The Morgan fingerprint density at radius 3 is 2.68 bits per heavy atom. The van der Waals surface area contributed by atoms with Gasteiger partial charge in [0.25, 0.3) is 5.91 Å². The van der Waals surface area contributed by atoms with E-state index in [1.807, 2.05) is 24.3 Å². The highest BCUT2D eigenvalue weighted by molar-refractivity contribution is 14.1. The zero-order valence-corrected chi connectivity index (χ0v) is 12.0.